The largest absolute Gasteiger partial charge is 0.382 e. The van der Waals surface area contributed by atoms with E-state index in [4.69, 9.17) is 5.73 Å². The average Bonchev–Trinajstić information content (AvgIpc) is 2.16. The van der Waals surface area contributed by atoms with E-state index in [2.05, 4.69) is 20.6 Å². The first-order chi connectivity index (χ1) is 6.20. The highest BCUT2D eigenvalue weighted by Crippen LogP contribution is 2.25. The van der Waals surface area contributed by atoms with E-state index < -0.39 is 0 Å². The molecular formula is C6H10N6O. The Morgan fingerprint density at radius 3 is 2.85 bits per heavy atom. The van der Waals surface area contributed by atoms with Crippen molar-refractivity contribution in [2.24, 2.45) is 5.29 Å². The summed E-state index contributed by atoms with van der Waals surface area (Å²) in [5, 5.41) is 6.57. The zero-order valence-corrected chi connectivity index (χ0v) is 7.35. The summed E-state index contributed by atoms with van der Waals surface area (Å²) in [5.41, 5.74) is 6.03. The number of nitrogens with two attached hydrogens (primary N) is 1. The summed E-state index contributed by atoms with van der Waals surface area (Å²) in [6.07, 6.45) is 1.27. The summed E-state index contributed by atoms with van der Waals surface area (Å²) >= 11 is 0. The molecule has 0 aliphatic heterocycles. The van der Waals surface area contributed by atoms with Crippen LogP contribution in [-0.4, -0.2) is 24.1 Å². The summed E-state index contributed by atoms with van der Waals surface area (Å²) in [5.74, 6) is 0.632. The van der Waals surface area contributed by atoms with Crippen LogP contribution < -0.4 is 16.1 Å². The molecule has 7 nitrogen and oxygen atoms in total. The van der Waals surface area contributed by atoms with Gasteiger partial charge in [0.25, 0.3) is 0 Å². The van der Waals surface area contributed by atoms with E-state index in [0.717, 1.165) is 5.01 Å². The molecule has 0 saturated heterocycles. The third-order valence-corrected chi connectivity index (χ3v) is 1.54. The molecule has 7 heteroatoms. The van der Waals surface area contributed by atoms with Crippen LogP contribution in [0.25, 0.3) is 0 Å². The van der Waals surface area contributed by atoms with Crippen LogP contribution in [0.5, 0.6) is 0 Å². The second kappa shape index (κ2) is 3.65. The number of nitrogens with zero attached hydrogens (tertiary/aromatic N) is 4. The van der Waals surface area contributed by atoms with Crippen molar-refractivity contribution in [3.63, 3.8) is 0 Å². The maximum atomic E-state index is 10.2. The zero-order chi connectivity index (χ0) is 9.84. The number of hydrogen-bond donors (Lipinski definition) is 2. The van der Waals surface area contributed by atoms with Crippen LogP contribution >= 0.6 is 0 Å². The van der Waals surface area contributed by atoms with Crippen molar-refractivity contribution in [2.75, 3.05) is 30.2 Å². The van der Waals surface area contributed by atoms with E-state index in [1.54, 1.807) is 7.05 Å². The molecule has 13 heavy (non-hydrogen) atoms. The monoisotopic (exact) mass is 182 g/mol. The Kier molecular flexibility index (Phi) is 2.58. The number of nitroso groups, excluding NO2 is 1. The minimum atomic E-state index is 0.281. The quantitative estimate of drug-likeness (QED) is 0.512. The molecule has 0 aliphatic rings. The standard InChI is InChI=1S/C6H10N6O/c1-8-4-5(7)9-3-10-6(4)12(2)11-13/h3,8H,1-2H3,(H2,7,9,10). The second-order valence-corrected chi connectivity index (χ2v) is 2.31. The fraction of sp³-hybridized carbons (Fsp3) is 0.333. The Hall–Kier alpha value is -1.92. The average molecular weight is 182 g/mol. The highest BCUT2D eigenvalue weighted by Gasteiger charge is 2.11. The summed E-state index contributed by atoms with van der Waals surface area (Å²) in [6, 6.07) is 0. The lowest BCUT2D eigenvalue weighted by molar-refractivity contribution is 0.956. The van der Waals surface area contributed by atoms with Crippen molar-refractivity contribution in [2.45, 2.75) is 0 Å². The molecule has 0 bridgehead atoms. The van der Waals surface area contributed by atoms with E-state index in [0.29, 0.717) is 11.5 Å². The minimum absolute atomic E-state index is 0.281. The molecule has 1 aromatic rings. The van der Waals surface area contributed by atoms with E-state index in [1.807, 2.05) is 0 Å². The van der Waals surface area contributed by atoms with E-state index >= 15 is 0 Å². The molecule has 0 fully saturated rings. The van der Waals surface area contributed by atoms with Crippen LogP contribution in [0.2, 0.25) is 0 Å². The van der Waals surface area contributed by atoms with Gasteiger partial charge in [-0.2, -0.15) is 0 Å². The molecule has 0 atom stereocenters. The van der Waals surface area contributed by atoms with Gasteiger partial charge in [-0.1, -0.05) is 0 Å². The fourth-order valence-corrected chi connectivity index (χ4v) is 0.913. The van der Waals surface area contributed by atoms with Gasteiger partial charge in [0, 0.05) is 14.1 Å². The topological polar surface area (TPSA) is 96.5 Å². The Bertz CT molecular complexity index is 314. The van der Waals surface area contributed by atoms with Gasteiger partial charge in [0.2, 0.25) is 0 Å². The number of anilines is 3. The smallest absolute Gasteiger partial charge is 0.180 e. The Labute approximate surface area is 74.9 Å². The molecule has 0 saturated carbocycles. The number of nitrogen functional groups attached to an aromatic ring is 1. The molecule has 0 radical (unpaired) electrons. The summed E-state index contributed by atoms with van der Waals surface area (Å²) in [4.78, 5) is 17.9. The van der Waals surface area contributed by atoms with Gasteiger partial charge in [-0.05, 0) is 0 Å². The van der Waals surface area contributed by atoms with Crippen LogP contribution in [0.15, 0.2) is 11.6 Å². The van der Waals surface area contributed by atoms with E-state index in [1.165, 1.54) is 13.4 Å². The fourth-order valence-electron chi connectivity index (χ4n) is 0.913. The van der Waals surface area contributed by atoms with Gasteiger partial charge < -0.3 is 11.1 Å². The normalized spacial score (nSPS) is 9.38. The van der Waals surface area contributed by atoms with Gasteiger partial charge in [0.1, 0.15) is 12.0 Å². The maximum Gasteiger partial charge on any atom is 0.180 e. The van der Waals surface area contributed by atoms with Crippen molar-refractivity contribution in [3.8, 4) is 0 Å². The van der Waals surface area contributed by atoms with Gasteiger partial charge in [0.05, 0.1) is 5.29 Å². The molecular weight excluding hydrogens is 172 g/mol. The highest BCUT2D eigenvalue weighted by molar-refractivity contribution is 5.75. The molecule has 1 heterocycles. The zero-order valence-electron chi connectivity index (χ0n) is 7.35. The highest BCUT2D eigenvalue weighted by atomic mass is 16.3. The minimum Gasteiger partial charge on any atom is -0.382 e. The van der Waals surface area contributed by atoms with Crippen molar-refractivity contribution < 1.29 is 0 Å². The van der Waals surface area contributed by atoms with E-state index in [-0.39, 0.29) is 5.82 Å². The lowest BCUT2D eigenvalue weighted by atomic mass is 10.4. The van der Waals surface area contributed by atoms with Crippen LogP contribution in [0.4, 0.5) is 17.3 Å². The molecule has 0 spiro atoms. The predicted molar refractivity (Wildman–Crippen MR) is 50.2 cm³/mol. The Balaban J connectivity index is 3.19. The summed E-state index contributed by atoms with van der Waals surface area (Å²) in [6.45, 7) is 0. The van der Waals surface area contributed by atoms with Gasteiger partial charge in [-0.3, -0.25) is 0 Å². The Morgan fingerprint density at radius 2 is 2.31 bits per heavy atom. The molecule has 70 valence electrons. The van der Waals surface area contributed by atoms with Crippen molar-refractivity contribution in [1.29, 1.82) is 0 Å². The van der Waals surface area contributed by atoms with Gasteiger partial charge in [-0.25, -0.2) is 15.0 Å². The van der Waals surface area contributed by atoms with Crippen LogP contribution in [0, 0.1) is 4.91 Å². The first-order valence-corrected chi connectivity index (χ1v) is 3.56. The number of hydrogen-bond acceptors (Lipinski definition) is 6. The lowest BCUT2D eigenvalue weighted by Crippen LogP contribution is -2.13. The second-order valence-electron chi connectivity index (χ2n) is 2.31. The molecule has 0 unspecified atom stereocenters. The third kappa shape index (κ3) is 1.63. The first-order valence-electron chi connectivity index (χ1n) is 3.56. The Morgan fingerprint density at radius 1 is 1.62 bits per heavy atom. The van der Waals surface area contributed by atoms with Gasteiger partial charge in [0.15, 0.2) is 11.6 Å². The van der Waals surface area contributed by atoms with Crippen molar-refractivity contribution in [1.82, 2.24) is 9.97 Å². The number of nitrogens with one attached hydrogen (secondary N) is 1. The van der Waals surface area contributed by atoms with Crippen molar-refractivity contribution >= 4 is 17.3 Å². The van der Waals surface area contributed by atoms with Crippen molar-refractivity contribution in [3.05, 3.63) is 11.2 Å². The SMILES string of the molecule is CNc1c(N)ncnc1N(C)N=O. The van der Waals surface area contributed by atoms with Crippen LogP contribution in [0.3, 0.4) is 0 Å². The van der Waals surface area contributed by atoms with Gasteiger partial charge >= 0.3 is 0 Å². The summed E-state index contributed by atoms with van der Waals surface area (Å²) in [7, 11) is 3.15. The maximum absolute atomic E-state index is 10.2. The van der Waals surface area contributed by atoms with E-state index in [9.17, 15) is 4.91 Å². The lowest BCUT2D eigenvalue weighted by Gasteiger charge is -2.12. The molecule has 0 amide bonds. The summed E-state index contributed by atoms with van der Waals surface area (Å²) < 4.78 is 0. The molecule has 0 aliphatic carbocycles. The number of aromatic nitrogens is 2. The molecule has 1 aromatic heterocycles. The molecule has 1 rings (SSSR count). The van der Waals surface area contributed by atoms with Crippen LogP contribution in [-0.2, 0) is 0 Å². The predicted octanol–water partition coefficient (Wildman–Crippen LogP) is 0.218. The first kappa shape index (κ1) is 9.17. The van der Waals surface area contributed by atoms with Gasteiger partial charge in [-0.15, -0.1) is 4.91 Å². The third-order valence-electron chi connectivity index (χ3n) is 1.54. The number of rotatable bonds is 3. The molecule has 0 aromatic carbocycles. The van der Waals surface area contributed by atoms with Crippen LogP contribution in [0.1, 0.15) is 0 Å². The molecule has 3 N–H and O–H groups in total.